The van der Waals surface area contributed by atoms with E-state index in [9.17, 15) is 9.59 Å². The van der Waals surface area contributed by atoms with E-state index < -0.39 is 0 Å². The zero-order chi connectivity index (χ0) is 18.4. The van der Waals surface area contributed by atoms with Crippen molar-refractivity contribution in [1.29, 1.82) is 0 Å². The number of hydrogen-bond donors (Lipinski definition) is 3. The van der Waals surface area contributed by atoms with Crippen LogP contribution in [-0.2, 0) is 12.8 Å². The van der Waals surface area contributed by atoms with Crippen LogP contribution in [0.3, 0.4) is 0 Å². The molecule has 0 bridgehead atoms. The number of anilines is 1. The first-order valence-corrected chi connectivity index (χ1v) is 9.87. The monoisotopic (exact) mass is 372 g/mol. The Bertz CT molecular complexity index is 773. The van der Waals surface area contributed by atoms with Crippen LogP contribution >= 0.6 is 11.3 Å². The highest BCUT2D eigenvalue weighted by Crippen LogP contribution is 2.38. The van der Waals surface area contributed by atoms with Crippen LogP contribution in [0.25, 0.3) is 0 Å². The van der Waals surface area contributed by atoms with Crippen molar-refractivity contribution in [3.63, 3.8) is 0 Å². The van der Waals surface area contributed by atoms with Crippen LogP contribution in [0, 0.1) is 0 Å². The maximum atomic E-state index is 12.8. The summed E-state index contributed by atoms with van der Waals surface area (Å²) in [6.07, 6.45) is 7.23. The van der Waals surface area contributed by atoms with Crippen LogP contribution in [0.1, 0.15) is 50.9 Å². The lowest BCUT2D eigenvalue weighted by Crippen LogP contribution is -2.32. The first-order valence-electron chi connectivity index (χ1n) is 9.05. The van der Waals surface area contributed by atoms with Crippen molar-refractivity contribution < 1.29 is 9.59 Å². The molecule has 0 aromatic carbocycles. The van der Waals surface area contributed by atoms with Gasteiger partial charge in [0.25, 0.3) is 11.8 Å². The number of nitrogens with zero attached hydrogens (tertiary/aromatic N) is 1. The van der Waals surface area contributed by atoms with E-state index in [0.29, 0.717) is 22.7 Å². The number of rotatable bonds is 7. The lowest BCUT2D eigenvalue weighted by atomic mass is 9.95. The maximum absolute atomic E-state index is 12.8. The third kappa shape index (κ3) is 4.28. The molecule has 0 saturated heterocycles. The molecular formula is C19H24N4O2S. The zero-order valence-corrected chi connectivity index (χ0v) is 15.7. The fraction of sp³-hybridized carbons (Fsp3) is 0.421. The average Bonchev–Trinajstić information content (AvgIpc) is 3.03. The van der Waals surface area contributed by atoms with E-state index in [1.807, 2.05) is 6.92 Å². The summed E-state index contributed by atoms with van der Waals surface area (Å²) in [6, 6.07) is 3.44. The first-order chi connectivity index (χ1) is 12.7. The van der Waals surface area contributed by atoms with Crippen molar-refractivity contribution in [3.05, 3.63) is 46.1 Å². The number of carbonyl (C=O) groups is 2. The molecule has 2 amide bonds. The van der Waals surface area contributed by atoms with Crippen molar-refractivity contribution in [2.45, 2.75) is 32.6 Å². The lowest BCUT2D eigenvalue weighted by Gasteiger charge is -2.13. The first kappa shape index (κ1) is 18.5. The number of carbonyl (C=O) groups excluding carboxylic acids is 2. The molecular weight excluding hydrogens is 348 g/mol. The van der Waals surface area contributed by atoms with Gasteiger partial charge in [-0.1, -0.05) is 6.92 Å². The van der Waals surface area contributed by atoms with E-state index in [1.165, 1.54) is 22.4 Å². The van der Waals surface area contributed by atoms with Crippen molar-refractivity contribution in [2.24, 2.45) is 0 Å². The molecule has 0 saturated carbocycles. The van der Waals surface area contributed by atoms with Gasteiger partial charge in [-0.15, -0.1) is 11.3 Å². The minimum Gasteiger partial charge on any atom is -0.351 e. The standard InChI is InChI=1S/C19H24N4O2S/c1-2-20-10-11-22-18(25)16-14-7-3-4-8-15(14)26-19(16)23-17(24)13-6-5-9-21-12-13/h5-6,9,12,20H,2-4,7-8,10-11H2,1H3,(H,22,25)(H,23,24). The molecule has 2 heterocycles. The quantitative estimate of drug-likeness (QED) is 0.653. The van der Waals surface area contributed by atoms with Gasteiger partial charge in [-0.25, -0.2) is 0 Å². The number of fused-ring (bicyclic) bond motifs is 1. The average molecular weight is 372 g/mol. The minimum absolute atomic E-state index is 0.108. The Labute approximate surface area is 157 Å². The second-order valence-corrected chi connectivity index (χ2v) is 7.33. The molecule has 3 rings (SSSR count). The number of pyridine rings is 1. The number of hydrogen-bond acceptors (Lipinski definition) is 5. The molecule has 26 heavy (non-hydrogen) atoms. The molecule has 2 aromatic rings. The van der Waals surface area contributed by atoms with Gasteiger partial charge in [-0.3, -0.25) is 14.6 Å². The van der Waals surface area contributed by atoms with Crippen molar-refractivity contribution in [2.75, 3.05) is 25.0 Å². The summed E-state index contributed by atoms with van der Waals surface area (Å²) >= 11 is 1.53. The van der Waals surface area contributed by atoms with Crippen LogP contribution in [-0.4, -0.2) is 36.4 Å². The van der Waals surface area contributed by atoms with Gasteiger partial charge in [0.2, 0.25) is 0 Å². The molecule has 0 atom stereocenters. The molecule has 2 aromatic heterocycles. The third-order valence-corrected chi connectivity index (χ3v) is 5.59. The van der Waals surface area contributed by atoms with Gasteiger partial charge in [0.1, 0.15) is 5.00 Å². The second-order valence-electron chi connectivity index (χ2n) is 6.22. The van der Waals surface area contributed by atoms with Crippen LogP contribution in [0.15, 0.2) is 24.5 Å². The molecule has 1 aliphatic rings. The van der Waals surface area contributed by atoms with Gasteiger partial charge in [-0.2, -0.15) is 0 Å². The predicted molar refractivity (Wildman–Crippen MR) is 104 cm³/mol. The summed E-state index contributed by atoms with van der Waals surface area (Å²) in [5.74, 6) is -0.345. The third-order valence-electron chi connectivity index (χ3n) is 4.39. The van der Waals surface area contributed by atoms with Crippen molar-refractivity contribution in [3.8, 4) is 0 Å². The molecule has 1 aliphatic carbocycles. The maximum Gasteiger partial charge on any atom is 0.257 e. The molecule has 7 heteroatoms. The van der Waals surface area contributed by atoms with Gasteiger partial charge in [0, 0.05) is 30.4 Å². The summed E-state index contributed by atoms with van der Waals surface area (Å²) in [6.45, 7) is 4.19. The van der Waals surface area contributed by atoms with Crippen LogP contribution < -0.4 is 16.0 Å². The number of thiophene rings is 1. The Balaban J connectivity index is 1.81. The Morgan fingerprint density at radius 1 is 1.19 bits per heavy atom. The SMILES string of the molecule is CCNCCNC(=O)c1c(NC(=O)c2cccnc2)sc2c1CCCC2. The smallest absolute Gasteiger partial charge is 0.257 e. The Morgan fingerprint density at radius 2 is 2.04 bits per heavy atom. The topological polar surface area (TPSA) is 83.1 Å². The van der Waals surface area contributed by atoms with E-state index >= 15 is 0 Å². The molecule has 0 spiro atoms. The van der Waals surface area contributed by atoms with E-state index in [2.05, 4.69) is 20.9 Å². The number of nitrogens with one attached hydrogen (secondary N) is 3. The largest absolute Gasteiger partial charge is 0.351 e. The van der Waals surface area contributed by atoms with Crippen LogP contribution in [0.4, 0.5) is 5.00 Å². The van der Waals surface area contributed by atoms with Crippen molar-refractivity contribution in [1.82, 2.24) is 15.6 Å². The summed E-state index contributed by atoms with van der Waals surface area (Å²) in [5, 5.41) is 9.73. The van der Waals surface area contributed by atoms with E-state index in [1.54, 1.807) is 18.3 Å². The number of likely N-dealkylation sites (N-methyl/N-ethyl adjacent to an activating group) is 1. The van der Waals surface area contributed by atoms with Gasteiger partial charge < -0.3 is 16.0 Å². The summed E-state index contributed by atoms with van der Waals surface area (Å²) < 4.78 is 0. The summed E-state index contributed by atoms with van der Waals surface area (Å²) in [7, 11) is 0. The molecule has 0 radical (unpaired) electrons. The fourth-order valence-corrected chi connectivity index (χ4v) is 4.38. The zero-order valence-electron chi connectivity index (χ0n) is 14.9. The highest BCUT2D eigenvalue weighted by atomic mass is 32.1. The van der Waals surface area contributed by atoms with E-state index in [4.69, 9.17) is 0 Å². The Hall–Kier alpha value is -2.25. The molecule has 3 N–H and O–H groups in total. The predicted octanol–water partition coefficient (Wildman–Crippen LogP) is 2.61. The number of aromatic nitrogens is 1. The van der Waals surface area contributed by atoms with Crippen LogP contribution in [0.5, 0.6) is 0 Å². The minimum atomic E-state index is -0.238. The highest BCUT2D eigenvalue weighted by molar-refractivity contribution is 7.17. The molecule has 6 nitrogen and oxygen atoms in total. The fourth-order valence-electron chi connectivity index (χ4n) is 3.10. The van der Waals surface area contributed by atoms with E-state index in [0.717, 1.165) is 44.3 Å². The molecule has 138 valence electrons. The van der Waals surface area contributed by atoms with Crippen molar-refractivity contribution >= 4 is 28.2 Å². The lowest BCUT2D eigenvalue weighted by molar-refractivity contribution is 0.0954. The van der Waals surface area contributed by atoms with Gasteiger partial charge >= 0.3 is 0 Å². The Kier molecular flexibility index (Phi) is 6.35. The Morgan fingerprint density at radius 3 is 2.81 bits per heavy atom. The summed E-state index contributed by atoms with van der Waals surface area (Å²) in [5.41, 5.74) is 2.22. The normalized spacial score (nSPS) is 13.1. The molecule has 0 unspecified atom stereocenters. The van der Waals surface area contributed by atoms with Gasteiger partial charge in [-0.05, 0) is 49.9 Å². The molecule has 0 fully saturated rings. The number of aryl methyl sites for hydroxylation is 1. The summed E-state index contributed by atoms with van der Waals surface area (Å²) in [4.78, 5) is 30.5. The van der Waals surface area contributed by atoms with Crippen LogP contribution in [0.2, 0.25) is 0 Å². The van der Waals surface area contributed by atoms with E-state index in [-0.39, 0.29) is 11.8 Å². The number of amides is 2. The highest BCUT2D eigenvalue weighted by Gasteiger charge is 2.26. The van der Waals surface area contributed by atoms with Gasteiger partial charge in [0.15, 0.2) is 0 Å². The molecule has 0 aliphatic heterocycles. The second kappa shape index (κ2) is 8.91. The van der Waals surface area contributed by atoms with Gasteiger partial charge in [0.05, 0.1) is 11.1 Å².